The maximum Gasteiger partial charge on any atom is 0.472 e. The molecule has 0 aromatic carbocycles. The Morgan fingerprint density at radius 2 is 0.790 bits per heavy atom. The van der Waals surface area contributed by atoms with Gasteiger partial charge in [-0.05, 0) is 38.5 Å². The van der Waals surface area contributed by atoms with E-state index in [1.54, 1.807) is 0 Å². The van der Waals surface area contributed by atoms with Gasteiger partial charge < -0.3 is 20.1 Å². The maximum absolute atomic E-state index is 12.6. The lowest BCUT2D eigenvalue weighted by molar-refractivity contribution is -0.161. The first-order chi connectivity index (χ1) is 30.3. The molecule has 0 heterocycles. The molecule has 9 nitrogen and oxygen atoms in total. The largest absolute Gasteiger partial charge is 0.472 e. The van der Waals surface area contributed by atoms with Crippen LogP contribution in [0.1, 0.15) is 277 Å². The first kappa shape index (κ1) is 60.8. The Labute approximate surface area is 383 Å². The van der Waals surface area contributed by atoms with Crippen LogP contribution in [-0.4, -0.2) is 49.3 Å². The molecule has 0 bridgehead atoms. The van der Waals surface area contributed by atoms with Crippen LogP contribution in [0.4, 0.5) is 0 Å². The van der Waals surface area contributed by atoms with Crippen molar-refractivity contribution >= 4 is 19.8 Å². The maximum atomic E-state index is 12.6. The molecule has 0 aromatic rings. The Kier molecular flexibility index (Phi) is 48.2. The van der Waals surface area contributed by atoms with Crippen molar-refractivity contribution in [3.8, 4) is 0 Å². The third kappa shape index (κ3) is 48.2. The van der Waals surface area contributed by atoms with Crippen LogP contribution < -0.4 is 5.73 Å². The van der Waals surface area contributed by atoms with Gasteiger partial charge in [-0.15, -0.1) is 0 Å². The lowest BCUT2D eigenvalue weighted by Gasteiger charge is -2.19. The third-order valence-electron chi connectivity index (χ3n) is 11.9. The van der Waals surface area contributed by atoms with Gasteiger partial charge in [0, 0.05) is 19.4 Å². The molecule has 2 unspecified atom stereocenters. The summed E-state index contributed by atoms with van der Waals surface area (Å²) in [6, 6.07) is 0. The van der Waals surface area contributed by atoms with Crippen molar-refractivity contribution in [3.05, 3.63) is 12.2 Å². The van der Waals surface area contributed by atoms with Crippen LogP contribution >= 0.6 is 7.82 Å². The monoisotopic (exact) mass is 900 g/mol. The summed E-state index contributed by atoms with van der Waals surface area (Å²) < 4.78 is 32.8. The van der Waals surface area contributed by atoms with Gasteiger partial charge in [-0.2, -0.15) is 0 Å². The molecule has 0 aromatic heterocycles. The summed E-state index contributed by atoms with van der Waals surface area (Å²) in [5.41, 5.74) is 5.36. The Morgan fingerprint density at radius 3 is 1.15 bits per heavy atom. The van der Waals surface area contributed by atoms with E-state index in [1.807, 2.05) is 0 Å². The zero-order chi connectivity index (χ0) is 45.3. The molecule has 0 rings (SSSR count). The Hall–Kier alpha value is -1.25. The number of hydrogen-bond acceptors (Lipinski definition) is 8. The van der Waals surface area contributed by atoms with Crippen molar-refractivity contribution in [3.63, 3.8) is 0 Å². The van der Waals surface area contributed by atoms with Gasteiger partial charge in [0.1, 0.15) is 6.61 Å². The smallest absolute Gasteiger partial charge is 0.462 e. The van der Waals surface area contributed by atoms with Crippen LogP contribution in [0.2, 0.25) is 0 Å². The number of hydrogen-bond donors (Lipinski definition) is 2. The van der Waals surface area contributed by atoms with Gasteiger partial charge in [0.15, 0.2) is 6.10 Å². The second-order valence-corrected chi connectivity index (χ2v) is 19.6. The van der Waals surface area contributed by atoms with E-state index in [0.717, 1.165) is 32.1 Å². The van der Waals surface area contributed by atoms with E-state index in [4.69, 9.17) is 24.3 Å². The number of phosphoric acid groups is 1. The van der Waals surface area contributed by atoms with Crippen LogP contribution in [0.15, 0.2) is 12.2 Å². The number of rotatable bonds is 51. The molecule has 0 spiro atoms. The van der Waals surface area contributed by atoms with E-state index in [0.29, 0.717) is 6.42 Å². The molecule has 0 aliphatic heterocycles. The number of phosphoric ester groups is 1. The van der Waals surface area contributed by atoms with Crippen LogP contribution in [0.3, 0.4) is 0 Å². The van der Waals surface area contributed by atoms with Gasteiger partial charge in [0.2, 0.25) is 0 Å². The van der Waals surface area contributed by atoms with E-state index in [1.165, 1.54) is 212 Å². The van der Waals surface area contributed by atoms with Gasteiger partial charge in [0.05, 0.1) is 13.2 Å². The second kappa shape index (κ2) is 49.2. The van der Waals surface area contributed by atoms with Gasteiger partial charge >= 0.3 is 19.8 Å². The van der Waals surface area contributed by atoms with Crippen LogP contribution in [0, 0.1) is 0 Å². The van der Waals surface area contributed by atoms with E-state index >= 15 is 0 Å². The molecule has 0 saturated carbocycles. The number of ether oxygens (including phenoxy) is 2. The summed E-state index contributed by atoms with van der Waals surface area (Å²) >= 11 is 0. The minimum Gasteiger partial charge on any atom is -0.462 e. The lowest BCUT2D eigenvalue weighted by Crippen LogP contribution is -2.29. The first-order valence-electron chi connectivity index (χ1n) is 26.7. The van der Waals surface area contributed by atoms with Crippen molar-refractivity contribution in [2.45, 2.75) is 283 Å². The fraction of sp³-hybridized carbons (Fsp3) is 0.923. The van der Waals surface area contributed by atoms with Gasteiger partial charge in [-0.3, -0.25) is 18.6 Å². The minimum atomic E-state index is -4.37. The Balaban J connectivity index is 3.81. The molecule has 0 aliphatic rings. The van der Waals surface area contributed by atoms with Crippen LogP contribution in [0.5, 0.6) is 0 Å². The third-order valence-corrected chi connectivity index (χ3v) is 12.9. The molecule has 62 heavy (non-hydrogen) atoms. The summed E-state index contributed by atoms with van der Waals surface area (Å²) in [6.45, 7) is 3.76. The number of carbonyl (C=O) groups is 2. The van der Waals surface area contributed by atoms with Crippen LogP contribution in [-0.2, 0) is 32.7 Å². The Morgan fingerprint density at radius 1 is 0.468 bits per heavy atom. The molecule has 0 amide bonds. The van der Waals surface area contributed by atoms with E-state index in [2.05, 4.69) is 26.0 Å². The van der Waals surface area contributed by atoms with E-state index in [9.17, 15) is 19.0 Å². The zero-order valence-corrected chi connectivity index (χ0v) is 41.8. The quantitative estimate of drug-likeness (QED) is 0.0265. The Bertz CT molecular complexity index is 1030. The standard InChI is InChI=1S/C52H102NO8P/c1-3-5-7-9-11-13-15-16-17-18-19-20-21-22-23-24-25-26-27-28-29-30-31-32-33-34-35-37-39-41-43-45-52(55)61-50(49-60-62(56,57)59-47-46-53)48-58-51(54)44-42-40-38-36-14-12-10-8-6-4-2/h18-19,50H,3-17,20-49,53H2,1-2H3,(H,56,57)/b19-18-. The number of nitrogens with two attached hydrogens (primary N) is 1. The van der Waals surface area contributed by atoms with Crippen molar-refractivity contribution in [2.24, 2.45) is 5.73 Å². The first-order valence-corrected chi connectivity index (χ1v) is 28.2. The highest BCUT2D eigenvalue weighted by Crippen LogP contribution is 2.43. The normalized spacial score (nSPS) is 13.2. The molecule has 0 saturated heterocycles. The fourth-order valence-corrected chi connectivity index (χ4v) is 8.69. The van der Waals surface area contributed by atoms with Crippen molar-refractivity contribution < 1.29 is 37.6 Å². The second-order valence-electron chi connectivity index (χ2n) is 18.1. The molecule has 0 aliphatic carbocycles. The minimum absolute atomic E-state index is 0.0571. The molecule has 10 heteroatoms. The van der Waals surface area contributed by atoms with Gasteiger partial charge in [-0.1, -0.05) is 238 Å². The van der Waals surface area contributed by atoms with Gasteiger partial charge in [-0.25, -0.2) is 4.57 Å². The van der Waals surface area contributed by atoms with E-state index < -0.39 is 26.5 Å². The highest BCUT2D eigenvalue weighted by molar-refractivity contribution is 7.47. The highest BCUT2D eigenvalue weighted by Gasteiger charge is 2.26. The van der Waals surface area contributed by atoms with Crippen LogP contribution in [0.25, 0.3) is 0 Å². The predicted octanol–water partition coefficient (Wildman–Crippen LogP) is 16.1. The molecule has 0 fully saturated rings. The number of carbonyl (C=O) groups excluding carboxylic acids is 2. The van der Waals surface area contributed by atoms with Gasteiger partial charge in [0.25, 0.3) is 0 Å². The van der Waals surface area contributed by atoms with Crippen molar-refractivity contribution in [1.82, 2.24) is 0 Å². The summed E-state index contributed by atoms with van der Waals surface area (Å²) in [7, 11) is -4.37. The summed E-state index contributed by atoms with van der Waals surface area (Å²) in [6.07, 6.45) is 54.3. The summed E-state index contributed by atoms with van der Waals surface area (Å²) in [5.74, 6) is -0.814. The number of esters is 2. The molecular formula is C52H102NO8P. The highest BCUT2D eigenvalue weighted by atomic mass is 31.2. The predicted molar refractivity (Wildman–Crippen MR) is 261 cm³/mol. The van der Waals surface area contributed by atoms with E-state index in [-0.39, 0.29) is 38.6 Å². The number of allylic oxidation sites excluding steroid dienone is 2. The molecule has 0 radical (unpaired) electrons. The fourth-order valence-electron chi connectivity index (χ4n) is 7.93. The SMILES string of the molecule is CCCCCCCCCC/C=C\CCCCCCCCCCCCCCCCCCCCCC(=O)OC(COC(=O)CCCCCCCCCCCC)COP(=O)(O)OCCN. The van der Waals surface area contributed by atoms with Crippen molar-refractivity contribution in [1.29, 1.82) is 0 Å². The topological polar surface area (TPSA) is 134 Å². The molecule has 3 N–H and O–H groups in total. The average molecular weight is 900 g/mol. The molecule has 2 atom stereocenters. The summed E-state index contributed by atoms with van der Waals surface area (Å²) in [4.78, 5) is 34.9. The molecular weight excluding hydrogens is 798 g/mol. The number of unbranched alkanes of at least 4 members (excludes halogenated alkanes) is 36. The molecule has 368 valence electrons. The summed E-state index contributed by atoms with van der Waals surface area (Å²) in [5, 5.41) is 0. The zero-order valence-electron chi connectivity index (χ0n) is 40.9. The average Bonchev–Trinajstić information content (AvgIpc) is 3.26. The van der Waals surface area contributed by atoms with Crippen molar-refractivity contribution in [2.75, 3.05) is 26.4 Å². The lowest BCUT2D eigenvalue weighted by atomic mass is 10.0.